The molecule has 8 nitrogen and oxygen atoms in total. The van der Waals surface area contributed by atoms with Crippen molar-refractivity contribution in [3.8, 4) is 11.8 Å². The first-order chi connectivity index (χ1) is 18.2. The minimum atomic E-state index is -3.79. The summed E-state index contributed by atoms with van der Waals surface area (Å²) in [6.45, 7) is 8.34. The van der Waals surface area contributed by atoms with E-state index >= 15 is 0 Å². The second kappa shape index (κ2) is 10.9. The van der Waals surface area contributed by atoms with Crippen molar-refractivity contribution in [2.45, 2.75) is 31.3 Å². The summed E-state index contributed by atoms with van der Waals surface area (Å²) >= 11 is 6.11. The molecule has 4 aromatic rings. The van der Waals surface area contributed by atoms with Crippen LogP contribution >= 0.6 is 11.6 Å². The van der Waals surface area contributed by atoms with Crippen molar-refractivity contribution in [1.29, 1.82) is 0 Å². The number of aromatic nitrogens is 2. The lowest BCUT2D eigenvalue weighted by Gasteiger charge is -2.34. The molecule has 0 amide bonds. The smallest absolute Gasteiger partial charge is 0.302 e. The maximum absolute atomic E-state index is 13.2. The molecule has 1 unspecified atom stereocenters. The Morgan fingerprint density at radius 3 is 2.55 bits per heavy atom. The zero-order chi connectivity index (χ0) is 26.9. The molecular weight excluding hydrogens is 522 g/mol. The van der Waals surface area contributed by atoms with Gasteiger partial charge < -0.3 is 14.5 Å². The standard InChI is InChI=1S/C28H32ClN5O3S/c1-4-34-27(20(2)31-38(35,36)26-11-9-21-8-10-23(29)16-22(21)17-26)19-30-28(34)37-25-7-5-6-24(18-25)33-14-12-32(3)13-15-33/h5-11,16-20,31H,4,12-15H2,1-3H3. The van der Waals surface area contributed by atoms with E-state index in [1.165, 1.54) is 0 Å². The van der Waals surface area contributed by atoms with E-state index in [1.807, 2.05) is 35.8 Å². The van der Waals surface area contributed by atoms with Crippen molar-refractivity contribution >= 4 is 38.1 Å². The van der Waals surface area contributed by atoms with Crippen LogP contribution in [0.4, 0.5) is 5.69 Å². The lowest BCUT2D eigenvalue weighted by Crippen LogP contribution is -2.44. The third-order valence-electron chi connectivity index (χ3n) is 6.92. The van der Waals surface area contributed by atoms with Crippen LogP contribution in [0, 0.1) is 0 Å². The molecule has 1 fully saturated rings. The van der Waals surface area contributed by atoms with Gasteiger partial charge in [-0.15, -0.1) is 0 Å². The Morgan fingerprint density at radius 1 is 1.03 bits per heavy atom. The van der Waals surface area contributed by atoms with Crippen molar-refractivity contribution in [3.05, 3.63) is 77.6 Å². The first kappa shape index (κ1) is 26.5. The van der Waals surface area contributed by atoms with Crippen molar-refractivity contribution in [1.82, 2.24) is 19.2 Å². The second-order valence-electron chi connectivity index (χ2n) is 9.60. The fourth-order valence-corrected chi connectivity index (χ4v) is 6.19. The number of halogens is 1. The van der Waals surface area contributed by atoms with Gasteiger partial charge in [0.25, 0.3) is 0 Å². The number of ether oxygens (including phenoxy) is 1. The Bertz CT molecular complexity index is 1550. The molecule has 1 saturated heterocycles. The van der Waals surface area contributed by atoms with Crippen LogP contribution in [0.5, 0.6) is 11.8 Å². The number of anilines is 1. The lowest BCUT2D eigenvalue weighted by molar-refractivity contribution is 0.312. The fourth-order valence-electron chi connectivity index (χ4n) is 4.75. The zero-order valence-corrected chi connectivity index (χ0v) is 23.3. The van der Waals surface area contributed by atoms with Crippen molar-refractivity contribution in [2.75, 3.05) is 38.1 Å². The molecule has 200 valence electrons. The number of rotatable bonds is 8. The molecule has 10 heteroatoms. The Balaban J connectivity index is 1.34. The summed E-state index contributed by atoms with van der Waals surface area (Å²) in [5, 5.41) is 2.24. The van der Waals surface area contributed by atoms with Gasteiger partial charge in [-0.3, -0.25) is 4.57 Å². The quantitative estimate of drug-likeness (QED) is 0.319. The van der Waals surface area contributed by atoms with Gasteiger partial charge in [-0.25, -0.2) is 18.1 Å². The Labute approximate surface area is 228 Å². The monoisotopic (exact) mass is 553 g/mol. The number of hydrogen-bond acceptors (Lipinski definition) is 6. The normalized spacial score (nSPS) is 15.6. The average molecular weight is 554 g/mol. The molecule has 0 spiro atoms. The molecule has 3 aromatic carbocycles. The summed E-state index contributed by atoms with van der Waals surface area (Å²) in [6, 6.07) is 18.3. The van der Waals surface area contributed by atoms with Crippen molar-refractivity contribution in [2.24, 2.45) is 0 Å². The first-order valence-electron chi connectivity index (χ1n) is 12.7. The number of hydrogen-bond donors (Lipinski definition) is 1. The van der Waals surface area contributed by atoms with Gasteiger partial charge in [0.15, 0.2) is 0 Å². The van der Waals surface area contributed by atoms with Crippen LogP contribution in [0.15, 0.2) is 71.8 Å². The maximum atomic E-state index is 13.2. The largest absolute Gasteiger partial charge is 0.425 e. The maximum Gasteiger partial charge on any atom is 0.302 e. The molecule has 0 radical (unpaired) electrons. The number of imidazole rings is 1. The number of benzene rings is 3. The summed E-state index contributed by atoms with van der Waals surface area (Å²) < 4.78 is 37.3. The van der Waals surface area contributed by atoms with Crippen LogP contribution in [0.1, 0.15) is 25.6 Å². The number of nitrogens with one attached hydrogen (secondary N) is 1. The summed E-state index contributed by atoms with van der Waals surface area (Å²) in [5.74, 6) is 0.691. The van der Waals surface area contributed by atoms with Gasteiger partial charge >= 0.3 is 6.01 Å². The third kappa shape index (κ3) is 5.66. The minimum Gasteiger partial charge on any atom is -0.425 e. The third-order valence-corrected chi connectivity index (χ3v) is 8.69. The highest BCUT2D eigenvalue weighted by Crippen LogP contribution is 2.29. The predicted octanol–water partition coefficient (Wildman–Crippen LogP) is 5.29. The highest BCUT2D eigenvalue weighted by molar-refractivity contribution is 7.89. The summed E-state index contributed by atoms with van der Waals surface area (Å²) in [6.07, 6.45) is 1.66. The number of nitrogens with zero attached hydrogens (tertiary/aromatic N) is 4. The van der Waals surface area contributed by atoms with Gasteiger partial charge in [-0.2, -0.15) is 0 Å². The SMILES string of the molecule is CCn1c(C(C)NS(=O)(=O)c2ccc3ccc(Cl)cc3c2)cnc1Oc1cccc(N2CCN(C)CC2)c1. The van der Waals surface area contributed by atoms with Crippen molar-refractivity contribution in [3.63, 3.8) is 0 Å². The van der Waals surface area contributed by atoms with Gasteiger partial charge in [0, 0.05) is 49.5 Å². The summed E-state index contributed by atoms with van der Waals surface area (Å²) in [7, 11) is -1.66. The minimum absolute atomic E-state index is 0.180. The highest BCUT2D eigenvalue weighted by Gasteiger charge is 2.23. The number of likely N-dealkylation sites (N-methyl/N-ethyl adjacent to an activating group) is 1. The van der Waals surface area contributed by atoms with Gasteiger partial charge in [-0.05, 0) is 68.1 Å². The van der Waals surface area contributed by atoms with E-state index in [0.717, 1.165) is 42.6 Å². The first-order valence-corrected chi connectivity index (χ1v) is 14.6. The van der Waals surface area contributed by atoms with E-state index in [1.54, 1.807) is 43.5 Å². The molecule has 1 atom stereocenters. The van der Waals surface area contributed by atoms with Crippen LogP contribution in [-0.2, 0) is 16.6 Å². The van der Waals surface area contributed by atoms with E-state index in [2.05, 4.69) is 32.6 Å². The van der Waals surface area contributed by atoms with Crippen LogP contribution < -0.4 is 14.4 Å². The Hall–Kier alpha value is -3.11. The molecule has 0 aliphatic carbocycles. The van der Waals surface area contributed by atoms with E-state index in [9.17, 15) is 8.42 Å². The number of sulfonamides is 1. The summed E-state index contributed by atoms with van der Waals surface area (Å²) in [5.41, 5.74) is 1.83. The van der Waals surface area contributed by atoms with Crippen LogP contribution in [-0.4, -0.2) is 56.1 Å². The van der Waals surface area contributed by atoms with E-state index in [0.29, 0.717) is 29.0 Å². The Morgan fingerprint density at radius 2 is 1.79 bits per heavy atom. The Kier molecular flexibility index (Phi) is 7.63. The van der Waals surface area contributed by atoms with Gasteiger partial charge in [0.1, 0.15) is 5.75 Å². The van der Waals surface area contributed by atoms with Gasteiger partial charge in [0.05, 0.1) is 22.8 Å². The molecule has 0 saturated carbocycles. The van der Waals surface area contributed by atoms with Crippen LogP contribution in [0.2, 0.25) is 5.02 Å². The molecule has 1 N–H and O–H groups in total. The molecule has 2 heterocycles. The van der Waals surface area contributed by atoms with E-state index in [-0.39, 0.29) is 4.90 Å². The topological polar surface area (TPSA) is 79.7 Å². The zero-order valence-electron chi connectivity index (χ0n) is 21.8. The second-order valence-corrected chi connectivity index (χ2v) is 11.7. The van der Waals surface area contributed by atoms with Crippen LogP contribution in [0.3, 0.4) is 0 Å². The summed E-state index contributed by atoms with van der Waals surface area (Å²) in [4.78, 5) is 9.33. The molecule has 0 bridgehead atoms. The highest BCUT2D eigenvalue weighted by atomic mass is 35.5. The molecule has 1 aliphatic heterocycles. The molecule has 1 aliphatic rings. The van der Waals surface area contributed by atoms with Crippen molar-refractivity contribution < 1.29 is 13.2 Å². The predicted molar refractivity (Wildman–Crippen MR) is 152 cm³/mol. The van der Waals surface area contributed by atoms with Gasteiger partial charge in [-0.1, -0.05) is 29.8 Å². The van der Waals surface area contributed by atoms with Gasteiger partial charge in [0.2, 0.25) is 10.0 Å². The molecule has 38 heavy (non-hydrogen) atoms. The fraction of sp³-hybridized carbons (Fsp3) is 0.321. The van der Waals surface area contributed by atoms with E-state index in [4.69, 9.17) is 16.3 Å². The van der Waals surface area contributed by atoms with Crippen LogP contribution in [0.25, 0.3) is 10.8 Å². The average Bonchev–Trinajstić information content (AvgIpc) is 3.31. The van der Waals surface area contributed by atoms with E-state index < -0.39 is 16.1 Å². The molecular formula is C28H32ClN5O3S. The number of piperazine rings is 1. The lowest BCUT2D eigenvalue weighted by atomic mass is 10.1. The number of fused-ring (bicyclic) bond motifs is 1. The molecule has 1 aromatic heterocycles. The molecule has 5 rings (SSSR count).